The normalized spacial score (nSPS) is 17.9. The first-order valence-electron chi connectivity index (χ1n) is 10.7. The Morgan fingerprint density at radius 2 is 1.78 bits per heavy atom. The molecule has 0 radical (unpaired) electrons. The highest BCUT2D eigenvalue weighted by Crippen LogP contribution is 2.27. The minimum atomic E-state index is -0.0749. The largest absolute Gasteiger partial charge is 0.494 e. The van der Waals surface area contributed by atoms with Crippen LogP contribution in [0.1, 0.15) is 19.3 Å². The number of hydrogen-bond acceptors (Lipinski definition) is 7. The van der Waals surface area contributed by atoms with Crippen molar-refractivity contribution < 1.29 is 4.74 Å². The molecule has 3 heterocycles. The quantitative estimate of drug-likeness (QED) is 0.484. The van der Waals surface area contributed by atoms with Gasteiger partial charge in [-0.2, -0.15) is 0 Å². The van der Waals surface area contributed by atoms with E-state index in [4.69, 9.17) is 9.72 Å². The second-order valence-electron chi connectivity index (χ2n) is 7.89. The number of nitrogens with zero attached hydrogens (tertiary/aromatic N) is 4. The zero-order valence-corrected chi connectivity index (χ0v) is 17.7. The minimum Gasteiger partial charge on any atom is -0.494 e. The van der Waals surface area contributed by atoms with Crippen molar-refractivity contribution in [1.29, 1.82) is 0 Å². The number of anilines is 2. The lowest BCUT2D eigenvalue weighted by Crippen LogP contribution is -2.22. The smallest absolute Gasteiger partial charge is 0.255 e. The highest BCUT2D eigenvalue weighted by molar-refractivity contribution is 5.82. The molecule has 0 saturated heterocycles. The lowest BCUT2D eigenvalue weighted by molar-refractivity contribution is 0.419. The van der Waals surface area contributed by atoms with Gasteiger partial charge in [0.2, 0.25) is 0 Å². The summed E-state index contributed by atoms with van der Waals surface area (Å²) in [6, 6.07) is 15.3. The molecule has 1 fully saturated rings. The Morgan fingerprint density at radius 1 is 0.938 bits per heavy atom. The van der Waals surface area contributed by atoms with Gasteiger partial charge in [0.25, 0.3) is 5.56 Å². The topological polar surface area (TPSA) is 94.0 Å². The Hall–Kier alpha value is -3.94. The van der Waals surface area contributed by atoms with Gasteiger partial charge in [0.1, 0.15) is 22.9 Å². The number of fused-ring (bicyclic) bond motifs is 1. The molecular formula is C24H24N6O2. The summed E-state index contributed by atoms with van der Waals surface area (Å²) in [7, 11) is 1.64. The third-order valence-electron chi connectivity index (χ3n) is 5.74. The number of benzene rings is 1. The fourth-order valence-corrected chi connectivity index (χ4v) is 4.16. The number of rotatable bonds is 6. The molecule has 8 heteroatoms. The molecule has 162 valence electrons. The molecule has 0 aliphatic heterocycles. The van der Waals surface area contributed by atoms with Crippen LogP contribution < -0.4 is 20.9 Å². The molecule has 5 rings (SSSR count). The first-order chi connectivity index (χ1) is 15.7. The van der Waals surface area contributed by atoms with Crippen molar-refractivity contribution in [1.82, 2.24) is 19.5 Å². The van der Waals surface area contributed by atoms with Gasteiger partial charge in [0.05, 0.1) is 30.7 Å². The van der Waals surface area contributed by atoms with E-state index in [1.54, 1.807) is 36.3 Å². The van der Waals surface area contributed by atoms with Crippen molar-refractivity contribution in [3.8, 4) is 11.4 Å². The third-order valence-corrected chi connectivity index (χ3v) is 5.74. The summed E-state index contributed by atoms with van der Waals surface area (Å²) in [5, 5.41) is 7.01. The summed E-state index contributed by atoms with van der Waals surface area (Å²) in [6.45, 7) is 0. The zero-order chi connectivity index (χ0) is 21.9. The van der Waals surface area contributed by atoms with Gasteiger partial charge in [-0.05, 0) is 49.6 Å². The average Bonchev–Trinajstić information content (AvgIpc) is 3.26. The highest BCUT2D eigenvalue weighted by atomic mass is 16.5. The van der Waals surface area contributed by atoms with E-state index in [0.717, 1.165) is 53.4 Å². The van der Waals surface area contributed by atoms with Gasteiger partial charge < -0.3 is 15.4 Å². The Kier molecular flexibility index (Phi) is 5.41. The second-order valence-corrected chi connectivity index (χ2v) is 7.89. The van der Waals surface area contributed by atoms with E-state index in [2.05, 4.69) is 20.6 Å². The molecule has 1 aliphatic carbocycles. The van der Waals surface area contributed by atoms with Crippen LogP contribution in [0, 0.1) is 0 Å². The molecular weight excluding hydrogens is 404 g/mol. The molecule has 2 atom stereocenters. The van der Waals surface area contributed by atoms with Crippen LogP contribution in [-0.2, 0) is 0 Å². The fourth-order valence-electron chi connectivity index (χ4n) is 4.16. The molecule has 1 aromatic carbocycles. The summed E-state index contributed by atoms with van der Waals surface area (Å²) >= 11 is 0. The number of pyridine rings is 2. The maximum Gasteiger partial charge on any atom is 0.255 e. The Labute approximate surface area is 185 Å². The monoisotopic (exact) mass is 428 g/mol. The van der Waals surface area contributed by atoms with E-state index in [-0.39, 0.29) is 5.56 Å². The molecule has 2 N–H and O–H groups in total. The first kappa shape index (κ1) is 20.0. The molecule has 1 saturated carbocycles. The van der Waals surface area contributed by atoms with Gasteiger partial charge in [0, 0.05) is 24.3 Å². The highest BCUT2D eigenvalue weighted by Gasteiger charge is 2.25. The van der Waals surface area contributed by atoms with Crippen molar-refractivity contribution in [2.75, 3.05) is 17.7 Å². The molecule has 0 unspecified atom stereocenters. The molecule has 0 amide bonds. The van der Waals surface area contributed by atoms with Crippen LogP contribution in [0.5, 0.6) is 5.75 Å². The standard InChI is InChI=1S/C24H24N6O2/c1-32-20-6-4-5-19-24(20)29-22(15-25-19)28-17-9-8-16(13-17)27-21-11-10-18(14-26-21)30-12-3-2-7-23(30)31/h2-7,10-12,14-17H,8-9,13H2,1H3,(H,26,27)(H,28,29)/t16-,17-/m0/s1. The first-order valence-corrected chi connectivity index (χ1v) is 10.7. The fraction of sp³-hybridized carbons (Fsp3) is 0.250. The van der Waals surface area contributed by atoms with Crippen molar-refractivity contribution in [3.05, 3.63) is 77.5 Å². The lowest BCUT2D eigenvalue weighted by atomic mass is 10.2. The van der Waals surface area contributed by atoms with Gasteiger partial charge in [-0.1, -0.05) is 12.1 Å². The summed E-state index contributed by atoms with van der Waals surface area (Å²) in [4.78, 5) is 25.7. The van der Waals surface area contributed by atoms with Crippen LogP contribution in [0.4, 0.5) is 11.6 Å². The van der Waals surface area contributed by atoms with Gasteiger partial charge in [-0.15, -0.1) is 0 Å². The van der Waals surface area contributed by atoms with Crippen LogP contribution in [0.2, 0.25) is 0 Å². The predicted octanol–water partition coefficient (Wildman–Crippen LogP) is 3.63. The van der Waals surface area contributed by atoms with E-state index >= 15 is 0 Å². The van der Waals surface area contributed by atoms with E-state index in [1.807, 2.05) is 36.4 Å². The SMILES string of the molecule is COc1cccc2ncc(N[C@H]3CC[C@H](Nc4ccc(-n5ccccc5=O)cn4)C3)nc12. The van der Waals surface area contributed by atoms with E-state index in [9.17, 15) is 4.79 Å². The summed E-state index contributed by atoms with van der Waals surface area (Å²) in [6.07, 6.45) is 8.24. The third kappa shape index (κ3) is 4.12. The second kappa shape index (κ2) is 8.66. The summed E-state index contributed by atoms with van der Waals surface area (Å²) < 4.78 is 6.99. The Morgan fingerprint density at radius 3 is 2.53 bits per heavy atom. The number of methoxy groups -OCH3 is 1. The lowest BCUT2D eigenvalue weighted by Gasteiger charge is -2.16. The maximum absolute atomic E-state index is 12.0. The number of aromatic nitrogens is 4. The predicted molar refractivity (Wildman–Crippen MR) is 125 cm³/mol. The number of ether oxygens (including phenoxy) is 1. The number of nitrogens with one attached hydrogen (secondary N) is 2. The van der Waals surface area contributed by atoms with Crippen LogP contribution in [0.15, 0.2) is 71.9 Å². The van der Waals surface area contributed by atoms with Crippen molar-refractivity contribution >= 4 is 22.7 Å². The van der Waals surface area contributed by atoms with Gasteiger partial charge in [-0.3, -0.25) is 14.3 Å². The molecule has 32 heavy (non-hydrogen) atoms. The van der Waals surface area contributed by atoms with Gasteiger partial charge >= 0.3 is 0 Å². The van der Waals surface area contributed by atoms with Crippen molar-refractivity contribution in [2.24, 2.45) is 0 Å². The summed E-state index contributed by atoms with van der Waals surface area (Å²) in [5.74, 6) is 2.28. The van der Waals surface area contributed by atoms with E-state index in [1.165, 1.54) is 6.07 Å². The average molecular weight is 428 g/mol. The number of hydrogen-bond donors (Lipinski definition) is 2. The Bertz CT molecular complexity index is 1290. The van der Waals surface area contributed by atoms with Crippen molar-refractivity contribution in [2.45, 2.75) is 31.3 Å². The molecule has 4 aromatic rings. The van der Waals surface area contributed by atoms with Gasteiger partial charge in [0.15, 0.2) is 0 Å². The van der Waals surface area contributed by atoms with Gasteiger partial charge in [-0.25, -0.2) is 9.97 Å². The van der Waals surface area contributed by atoms with Crippen LogP contribution in [0.25, 0.3) is 16.7 Å². The molecule has 8 nitrogen and oxygen atoms in total. The minimum absolute atomic E-state index is 0.0749. The Balaban J connectivity index is 1.22. The van der Waals surface area contributed by atoms with Crippen LogP contribution in [0.3, 0.4) is 0 Å². The van der Waals surface area contributed by atoms with Crippen LogP contribution in [-0.4, -0.2) is 38.7 Å². The number of para-hydroxylation sites is 1. The molecule has 0 spiro atoms. The maximum atomic E-state index is 12.0. The van der Waals surface area contributed by atoms with E-state index < -0.39 is 0 Å². The van der Waals surface area contributed by atoms with Crippen LogP contribution >= 0.6 is 0 Å². The molecule has 1 aliphatic rings. The summed E-state index contributed by atoms with van der Waals surface area (Å²) in [5.41, 5.74) is 2.24. The zero-order valence-electron chi connectivity index (χ0n) is 17.7. The van der Waals surface area contributed by atoms with E-state index in [0.29, 0.717) is 12.1 Å². The van der Waals surface area contributed by atoms with Crippen molar-refractivity contribution in [3.63, 3.8) is 0 Å². The molecule has 0 bridgehead atoms. The molecule has 3 aromatic heterocycles.